The van der Waals surface area contributed by atoms with Gasteiger partial charge in [-0.2, -0.15) is 0 Å². The third-order valence-corrected chi connectivity index (χ3v) is 2.22. The Morgan fingerprint density at radius 3 is 2.79 bits per heavy atom. The average Bonchev–Trinajstić information content (AvgIpc) is 2.45. The van der Waals surface area contributed by atoms with E-state index in [4.69, 9.17) is 0 Å². The topological polar surface area (TPSA) is 17.0 Å². The number of aromatic nitrogens is 1. The maximum Gasteiger partial charge on any atom is 0.0374 e. The molecule has 2 rings (SSSR count). The molecule has 2 heterocycles. The Kier molecular flexibility index (Phi) is 4.21. The third-order valence-electron chi connectivity index (χ3n) is 2.22. The Bertz CT molecular complexity index is 276. The second-order valence-corrected chi connectivity index (χ2v) is 4.15. The van der Waals surface area contributed by atoms with Crippen LogP contribution in [0.4, 0.5) is 0 Å². The lowest BCUT2D eigenvalue weighted by molar-refractivity contribution is 0.417. The maximum atomic E-state index is 3.43. The van der Waals surface area contributed by atoms with Gasteiger partial charge in [-0.15, -0.1) is 0 Å². The Balaban J connectivity index is 0.000000293. The zero-order valence-electron chi connectivity index (χ0n) is 9.80. The van der Waals surface area contributed by atoms with Crippen LogP contribution in [0.25, 0.3) is 0 Å². The van der Waals surface area contributed by atoms with E-state index in [-0.39, 0.29) is 0 Å². The van der Waals surface area contributed by atoms with Gasteiger partial charge in [-0.1, -0.05) is 20.3 Å². The van der Waals surface area contributed by atoms with E-state index < -0.39 is 0 Å². The summed E-state index contributed by atoms with van der Waals surface area (Å²) in [4.78, 5) is 0. The molecule has 0 amide bonds. The molecule has 1 N–H and O–H groups in total. The van der Waals surface area contributed by atoms with Crippen molar-refractivity contribution in [3.8, 4) is 0 Å². The predicted octanol–water partition coefficient (Wildman–Crippen LogP) is 2.70. The zero-order chi connectivity index (χ0) is 10.6. The summed E-state index contributed by atoms with van der Waals surface area (Å²) >= 11 is 0. The zero-order valence-corrected chi connectivity index (χ0v) is 9.80. The Labute approximate surface area is 87.3 Å². The molecule has 0 unspecified atom stereocenters. The van der Waals surface area contributed by atoms with E-state index in [0.717, 1.165) is 13.1 Å². The van der Waals surface area contributed by atoms with Crippen LogP contribution in [0.1, 0.15) is 38.4 Å². The van der Waals surface area contributed by atoms with Gasteiger partial charge < -0.3 is 9.88 Å². The summed E-state index contributed by atoms with van der Waals surface area (Å²) in [5, 5.41) is 3.43. The van der Waals surface area contributed by atoms with Crippen molar-refractivity contribution in [3.05, 3.63) is 23.5 Å². The minimum Gasteiger partial charge on any atom is -0.348 e. The smallest absolute Gasteiger partial charge is 0.0374 e. The SMILES string of the molecule is CCC.Cc1cc2n(c1)C[C@@H](C)NC2. The summed E-state index contributed by atoms with van der Waals surface area (Å²) in [6.07, 6.45) is 3.48. The summed E-state index contributed by atoms with van der Waals surface area (Å²) in [7, 11) is 0. The summed E-state index contributed by atoms with van der Waals surface area (Å²) in [5.74, 6) is 0. The second-order valence-electron chi connectivity index (χ2n) is 4.15. The monoisotopic (exact) mass is 194 g/mol. The molecule has 1 aliphatic rings. The average molecular weight is 194 g/mol. The van der Waals surface area contributed by atoms with Gasteiger partial charge in [0.2, 0.25) is 0 Å². The first-order valence-electron chi connectivity index (χ1n) is 5.56. The molecule has 0 spiro atoms. The molecular formula is C12H22N2. The van der Waals surface area contributed by atoms with Crippen molar-refractivity contribution in [1.29, 1.82) is 0 Å². The van der Waals surface area contributed by atoms with Gasteiger partial charge in [-0.05, 0) is 25.5 Å². The molecule has 2 heteroatoms. The van der Waals surface area contributed by atoms with Crippen LogP contribution in [0.15, 0.2) is 12.3 Å². The van der Waals surface area contributed by atoms with Crippen molar-refractivity contribution in [2.24, 2.45) is 0 Å². The number of hydrogen-bond donors (Lipinski definition) is 1. The van der Waals surface area contributed by atoms with Gasteiger partial charge in [0.25, 0.3) is 0 Å². The van der Waals surface area contributed by atoms with E-state index in [1.54, 1.807) is 0 Å². The lowest BCUT2D eigenvalue weighted by Crippen LogP contribution is -2.35. The highest BCUT2D eigenvalue weighted by atomic mass is 15.1. The fraction of sp³-hybridized carbons (Fsp3) is 0.667. The standard InChI is InChI=1S/C9H14N2.C3H8/c1-7-3-9-4-10-8(2)6-11(9)5-7;1-3-2/h3,5,8,10H,4,6H2,1-2H3;3H2,1-2H3/t8-;/m1./s1. The largest absolute Gasteiger partial charge is 0.348 e. The molecule has 0 saturated heterocycles. The minimum absolute atomic E-state index is 0.620. The molecule has 0 saturated carbocycles. The number of nitrogens with zero attached hydrogens (tertiary/aromatic N) is 1. The molecule has 0 aliphatic carbocycles. The van der Waals surface area contributed by atoms with Gasteiger partial charge in [0.1, 0.15) is 0 Å². The molecule has 1 aromatic rings. The van der Waals surface area contributed by atoms with Crippen LogP contribution in [0.2, 0.25) is 0 Å². The van der Waals surface area contributed by atoms with Crippen LogP contribution >= 0.6 is 0 Å². The Morgan fingerprint density at radius 1 is 1.50 bits per heavy atom. The van der Waals surface area contributed by atoms with Crippen molar-refractivity contribution in [3.63, 3.8) is 0 Å². The lowest BCUT2D eigenvalue weighted by atomic mass is 10.2. The molecule has 1 aliphatic heterocycles. The van der Waals surface area contributed by atoms with Gasteiger partial charge in [0, 0.05) is 31.0 Å². The lowest BCUT2D eigenvalue weighted by Gasteiger charge is -2.22. The van der Waals surface area contributed by atoms with Gasteiger partial charge in [-0.3, -0.25) is 0 Å². The van der Waals surface area contributed by atoms with Crippen molar-refractivity contribution in [2.45, 2.75) is 53.2 Å². The van der Waals surface area contributed by atoms with Crippen LogP contribution in [-0.4, -0.2) is 10.6 Å². The highest BCUT2D eigenvalue weighted by molar-refractivity contribution is 5.18. The molecule has 14 heavy (non-hydrogen) atoms. The van der Waals surface area contributed by atoms with Crippen LogP contribution in [0.5, 0.6) is 0 Å². The van der Waals surface area contributed by atoms with E-state index in [1.807, 2.05) is 0 Å². The van der Waals surface area contributed by atoms with Crippen LogP contribution in [0.3, 0.4) is 0 Å². The summed E-state index contributed by atoms with van der Waals surface area (Å²) in [6, 6.07) is 2.87. The normalized spacial score (nSPS) is 19.6. The molecule has 0 bridgehead atoms. The van der Waals surface area contributed by atoms with E-state index in [0.29, 0.717) is 6.04 Å². The van der Waals surface area contributed by atoms with Crippen molar-refractivity contribution >= 4 is 0 Å². The van der Waals surface area contributed by atoms with Gasteiger partial charge in [-0.25, -0.2) is 0 Å². The summed E-state index contributed by atoms with van der Waals surface area (Å²) < 4.78 is 2.34. The fourth-order valence-corrected chi connectivity index (χ4v) is 1.67. The molecule has 0 aromatic carbocycles. The van der Waals surface area contributed by atoms with E-state index in [9.17, 15) is 0 Å². The second kappa shape index (κ2) is 5.20. The quantitative estimate of drug-likeness (QED) is 0.672. The Morgan fingerprint density at radius 2 is 2.14 bits per heavy atom. The van der Waals surface area contributed by atoms with Crippen molar-refractivity contribution in [2.75, 3.05) is 0 Å². The molecule has 2 nitrogen and oxygen atoms in total. The molecule has 0 radical (unpaired) electrons. The minimum atomic E-state index is 0.620. The third kappa shape index (κ3) is 2.88. The first-order valence-corrected chi connectivity index (χ1v) is 5.56. The van der Waals surface area contributed by atoms with E-state index in [1.165, 1.54) is 17.7 Å². The van der Waals surface area contributed by atoms with Crippen LogP contribution < -0.4 is 5.32 Å². The number of aryl methyl sites for hydroxylation is 1. The summed E-state index contributed by atoms with van der Waals surface area (Å²) in [6.45, 7) is 10.8. The summed E-state index contributed by atoms with van der Waals surface area (Å²) in [5.41, 5.74) is 2.79. The number of nitrogens with one attached hydrogen (secondary N) is 1. The van der Waals surface area contributed by atoms with Gasteiger partial charge in [0.15, 0.2) is 0 Å². The maximum absolute atomic E-state index is 3.43. The fourth-order valence-electron chi connectivity index (χ4n) is 1.67. The van der Waals surface area contributed by atoms with Gasteiger partial charge in [0.05, 0.1) is 0 Å². The van der Waals surface area contributed by atoms with Gasteiger partial charge >= 0.3 is 0 Å². The molecule has 80 valence electrons. The number of hydrogen-bond acceptors (Lipinski definition) is 1. The van der Waals surface area contributed by atoms with Crippen LogP contribution in [0, 0.1) is 6.92 Å². The van der Waals surface area contributed by atoms with Crippen molar-refractivity contribution in [1.82, 2.24) is 9.88 Å². The number of rotatable bonds is 0. The number of fused-ring (bicyclic) bond motifs is 1. The van der Waals surface area contributed by atoms with Crippen LogP contribution in [-0.2, 0) is 13.1 Å². The first kappa shape index (κ1) is 11.3. The highest BCUT2D eigenvalue weighted by Crippen LogP contribution is 2.12. The molecular weight excluding hydrogens is 172 g/mol. The highest BCUT2D eigenvalue weighted by Gasteiger charge is 2.12. The first-order chi connectivity index (χ1) is 6.67. The van der Waals surface area contributed by atoms with E-state index >= 15 is 0 Å². The molecule has 1 aromatic heterocycles. The Hall–Kier alpha value is -0.760. The van der Waals surface area contributed by atoms with E-state index in [2.05, 4.69) is 49.8 Å². The predicted molar refractivity (Wildman–Crippen MR) is 61.4 cm³/mol. The molecule has 1 atom stereocenters. The molecule has 0 fully saturated rings. The van der Waals surface area contributed by atoms with Crippen molar-refractivity contribution < 1.29 is 0 Å².